The van der Waals surface area contributed by atoms with Gasteiger partial charge in [-0.3, -0.25) is 0 Å². The molecule has 6 nitrogen and oxygen atoms in total. The van der Waals surface area contributed by atoms with E-state index in [1.165, 1.54) is 0 Å². The Morgan fingerprint density at radius 1 is 1.47 bits per heavy atom. The third-order valence-electron chi connectivity index (χ3n) is 2.66. The number of hydrogen-bond acceptors (Lipinski definition) is 4. The topological polar surface area (TPSA) is 60.6 Å². The van der Waals surface area contributed by atoms with Crippen molar-refractivity contribution in [1.82, 2.24) is 29.9 Å². The lowest BCUT2D eigenvalue weighted by Gasteiger charge is -2.18. The standard InChI is InChI=1S/C10H15BrN6/c1-4-13-8(7-5-12-6-16(7)2)9-10(11)14-15-17(9)3/h5-6,8,13H,4H2,1-3H3. The highest BCUT2D eigenvalue weighted by molar-refractivity contribution is 9.10. The molecule has 0 radical (unpaired) electrons. The fourth-order valence-electron chi connectivity index (χ4n) is 1.84. The molecule has 2 rings (SSSR count). The molecule has 17 heavy (non-hydrogen) atoms. The number of nitrogens with zero attached hydrogens (tertiary/aromatic N) is 5. The third-order valence-corrected chi connectivity index (χ3v) is 3.22. The van der Waals surface area contributed by atoms with Crippen LogP contribution in [0.2, 0.25) is 0 Å². The zero-order valence-electron chi connectivity index (χ0n) is 10.1. The average Bonchev–Trinajstić information content (AvgIpc) is 2.84. The third kappa shape index (κ3) is 2.25. The number of halogens is 1. The lowest BCUT2D eigenvalue weighted by Crippen LogP contribution is -2.26. The minimum absolute atomic E-state index is 0.0295. The first-order chi connectivity index (χ1) is 8.15. The number of imidazole rings is 1. The van der Waals surface area contributed by atoms with Crippen molar-refractivity contribution in [2.75, 3.05) is 6.54 Å². The van der Waals surface area contributed by atoms with Crippen LogP contribution in [-0.2, 0) is 14.1 Å². The van der Waals surface area contributed by atoms with Crippen LogP contribution in [0.15, 0.2) is 17.1 Å². The minimum Gasteiger partial charge on any atom is -0.336 e. The van der Waals surface area contributed by atoms with E-state index in [1.54, 1.807) is 11.0 Å². The van der Waals surface area contributed by atoms with Crippen molar-refractivity contribution in [3.8, 4) is 0 Å². The van der Waals surface area contributed by atoms with Crippen molar-refractivity contribution >= 4 is 15.9 Å². The van der Waals surface area contributed by atoms with Crippen molar-refractivity contribution in [2.24, 2.45) is 14.1 Å². The van der Waals surface area contributed by atoms with Crippen molar-refractivity contribution in [3.63, 3.8) is 0 Å². The average molecular weight is 299 g/mol. The van der Waals surface area contributed by atoms with E-state index in [0.29, 0.717) is 0 Å². The van der Waals surface area contributed by atoms with E-state index in [-0.39, 0.29) is 6.04 Å². The molecule has 2 aromatic rings. The monoisotopic (exact) mass is 298 g/mol. The highest BCUT2D eigenvalue weighted by atomic mass is 79.9. The Morgan fingerprint density at radius 2 is 2.24 bits per heavy atom. The Balaban J connectivity index is 2.46. The second-order valence-corrected chi connectivity index (χ2v) is 4.56. The summed E-state index contributed by atoms with van der Waals surface area (Å²) < 4.78 is 4.52. The van der Waals surface area contributed by atoms with E-state index in [9.17, 15) is 0 Å². The predicted molar refractivity (Wildman–Crippen MR) is 67.4 cm³/mol. The van der Waals surface area contributed by atoms with Gasteiger partial charge in [-0.2, -0.15) is 0 Å². The molecule has 2 aromatic heterocycles. The molecular formula is C10H15BrN6. The number of rotatable bonds is 4. The van der Waals surface area contributed by atoms with Crippen molar-refractivity contribution in [1.29, 1.82) is 0 Å². The molecule has 2 heterocycles. The van der Waals surface area contributed by atoms with Crippen LogP contribution in [0.1, 0.15) is 24.4 Å². The van der Waals surface area contributed by atoms with Gasteiger partial charge in [-0.25, -0.2) is 9.67 Å². The first-order valence-electron chi connectivity index (χ1n) is 5.39. The van der Waals surface area contributed by atoms with Gasteiger partial charge < -0.3 is 9.88 Å². The summed E-state index contributed by atoms with van der Waals surface area (Å²) in [5.41, 5.74) is 2.08. The maximum absolute atomic E-state index is 4.15. The lowest BCUT2D eigenvalue weighted by atomic mass is 10.1. The van der Waals surface area contributed by atoms with Crippen LogP contribution in [0.5, 0.6) is 0 Å². The van der Waals surface area contributed by atoms with Crippen LogP contribution in [0, 0.1) is 0 Å². The summed E-state index contributed by atoms with van der Waals surface area (Å²) in [6, 6.07) is 0.0295. The number of nitrogens with one attached hydrogen (secondary N) is 1. The molecule has 0 amide bonds. The van der Waals surface area contributed by atoms with Gasteiger partial charge in [0.05, 0.1) is 30.0 Å². The largest absolute Gasteiger partial charge is 0.336 e. The van der Waals surface area contributed by atoms with Gasteiger partial charge in [0.25, 0.3) is 0 Å². The van der Waals surface area contributed by atoms with Crippen LogP contribution >= 0.6 is 15.9 Å². The lowest BCUT2D eigenvalue weighted by molar-refractivity contribution is 0.543. The summed E-state index contributed by atoms with van der Waals surface area (Å²) >= 11 is 3.43. The second-order valence-electron chi connectivity index (χ2n) is 3.81. The molecule has 0 saturated carbocycles. The molecule has 1 N–H and O–H groups in total. The first-order valence-corrected chi connectivity index (χ1v) is 6.19. The number of aromatic nitrogens is 5. The fourth-order valence-corrected chi connectivity index (χ4v) is 2.39. The van der Waals surface area contributed by atoms with E-state index in [1.807, 2.05) is 24.9 Å². The zero-order chi connectivity index (χ0) is 12.4. The minimum atomic E-state index is 0.0295. The molecule has 0 bridgehead atoms. The van der Waals surface area contributed by atoms with Crippen molar-refractivity contribution in [3.05, 3.63) is 28.5 Å². The summed E-state index contributed by atoms with van der Waals surface area (Å²) in [4.78, 5) is 4.15. The summed E-state index contributed by atoms with van der Waals surface area (Å²) in [7, 11) is 3.86. The van der Waals surface area contributed by atoms with E-state index in [4.69, 9.17) is 0 Å². The zero-order valence-corrected chi connectivity index (χ0v) is 11.6. The highest BCUT2D eigenvalue weighted by Crippen LogP contribution is 2.25. The Hall–Kier alpha value is -1.21. The maximum atomic E-state index is 4.15. The fraction of sp³-hybridized carbons (Fsp3) is 0.500. The van der Waals surface area contributed by atoms with Gasteiger partial charge >= 0.3 is 0 Å². The summed E-state index contributed by atoms with van der Waals surface area (Å²) in [6.07, 6.45) is 3.64. The van der Waals surface area contributed by atoms with E-state index in [2.05, 4.69) is 43.5 Å². The Labute approximate surface area is 108 Å². The second kappa shape index (κ2) is 4.97. The molecular weight excluding hydrogens is 284 g/mol. The van der Waals surface area contributed by atoms with E-state index < -0.39 is 0 Å². The van der Waals surface area contributed by atoms with E-state index >= 15 is 0 Å². The Kier molecular flexibility index (Phi) is 3.58. The quantitative estimate of drug-likeness (QED) is 0.915. The summed E-state index contributed by atoms with van der Waals surface area (Å²) in [5.74, 6) is 0. The van der Waals surface area contributed by atoms with Crippen molar-refractivity contribution < 1.29 is 0 Å². The van der Waals surface area contributed by atoms with Gasteiger partial charge in [0, 0.05) is 14.1 Å². The SMILES string of the molecule is CCNC(c1cncn1C)c1c(Br)nnn1C. The highest BCUT2D eigenvalue weighted by Gasteiger charge is 2.23. The van der Waals surface area contributed by atoms with Gasteiger partial charge in [-0.05, 0) is 22.5 Å². The predicted octanol–water partition coefficient (Wildman–Crippen LogP) is 1.01. The maximum Gasteiger partial charge on any atom is 0.153 e. The molecule has 0 saturated heterocycles. The Morgan fingerprint density at radius 3 is 2.71 bits per heavy atom. The molecule has 0 aliphatic carbocycles. The molecule has 7 heteroatoms. The van der Waals surface area contributed by atoms with Gasteiger partial charge in [-0.15, -0.1) is 5.10 Å². The van der Waals surface area contributed by atoms with Crippen LogP contribution in [0.4, 0.5) is 0 Å². The van der Waals surface area contributed by atoms with Gasteiger partial charge in [-0.1, -0.05) is 12.1 Å². The van der Waals surface area contributed by atoms with Gasteiger partial charge in [0.2, 0.25) is 0 Å². The number of hydrogen-bond donors (Lipinski definition) is 1. The van der Waals surface area contributed by atoms with Gasteiger partial charge in [0.15, 0.2) is 4.60 Å². The molecule has 1 atom stereocenters. The molecule has 0 aromatic carbocycles. The van der Waals surface area contributed by atoms with Crippen LogP contribution in [0.3, 0.4) is 0 Å². The van der Waals surface area contributed by atoms with E-state index in [0.717, 1.165) is 22.5 Å². The molecule has 0 fully saturated rings. The van der Waals surface area contributed by atoms with Crippen LogP contribution in [-0.4, -0.2) is 31.1 Å². The summed E-state index contributed by atoms with van der Waals surface area (Å²) in [6.45, 7) is 2.93. The van der Waals surface area contributed by atoms with Crippen molar-refractivity contribution in [2.45, 2.75) is 13.0 Å². The number of aryl methyl sites for hydroxylation is 2. The van der Waals surface area contributed by atoms with Crippen LogP contribution < -0.4 is 5.32 Å². The first kappa shape index (κ1) is 12.3. The Bertz CT molecular complexity index is 483. The molecule has 92 valence electrons. The molecule has 0 spiro atoms. The van der Waals surface area contributed by atoms with Gasteiger partial charge in [0.1, 0.15) is 0 Å². The smallest absolute Gasteiger partial charge is 0.153 e. The molecule has 1 unspecified atom stereocenters. The van der Waals surface area contributed by atoms with Crippen LogP contribution in [0.25, 0.3) is 0 Å². The molecule has 0 aliphatic heterocycles. The molecule has 0 aliphatic rings. The summed E-state index contributed by atoms with van der Waals surface area (Å²) in [5, 5.41) is 11.4. The normalized spacial score (nSPS) is 12.9.